The van der Waals surface area contributed by atoms with Crippen LogP contribution < -0.4 is 0 Å². The normalized spacial score (nSPS) is 18.5. The van der Waals surface area contributed by atoms with Gasteiger partial charge >= 0.3 is 0 Å². The molecule has 3 amide bonds. The highest BCUT2D eigenvalue weighted by Crippen LogP contribution is 2.34. The number of rotatable bonds is 4. The number of nitrogens with zero attached hydrogens (tertiary/aromatic N) is 2. The lowest BCUT2D eigenvalue weighted by molar-refractivity contribution is 0.0671. The Morgan fingerprint density at radius 3 is 2.54 bits per heavy atom. The van der Waals surface area contributed by atoms with Crippen LogP contribution in [0.4, 0.5) is 4.39 Å². The van der Waals surface area contributed by atoms with Gasteiger partial charge in [-0.3, -0.25) is 19.3 Å². The third kappa shape index (κ3) is 2.91. The van der Waals surface area contributed by atoms with E-state index in [2.05, 4.69) is 6.58 Å². The summed E-state index contributed by atoms with van der Waals surface area (Å²) in [6, 6.07) is 10.7. The summed E-state index contributed by atoms with van der Waals surface area (Å²) in [4.78, 5) is 40.8. The van der Waals surface area contributed by atoms with Gasteiger partial charge in [-0.05, 0) is 48.7 Å². The van der Waals surface area contributed by atoms with Crippen LogP contribution in [-0.4, -0.2) is 40.6 Å². The fourth-order valence-electron chi connectivity index (χ4n) is 3.93. The average Bonchev–Trinajstić information content (AvgIpc) is 3.28. The van der Waals surface area contributed by atoms with Crippen molar-refractivity contribution < 1.29 is 18.8 Å². The van der Waals surface area contributed by atoms with Crippen LogP contribution in [0, 0.1) is 5.82 Å². The van der Waals surface area contributed by atoms with Crippen LogP contribution in [-0.2, 0) is 0 Å². The van der Waals surface area contributed by atoms with Crippen molar-refractivity contribution in [3.8, 4) is 0 Å². The van der Waals surface area contributed by atoms with Crippen molar-refractivity contribution in [2.24, 2.45) is 0 Å². The molecule has 28 heavy (non-hydrogen) atoms. The van der Waals surface area contributed by atoms with Gasteiger partial charge in [0.1, 0.15) is 5.82 Å². The van der Waals surface area contributed by atoms with E-state index >= 15 is 0 Å². The number of hydrogen-bond acceptors (Lipinski definition) is 3. The summed E-state index contributed by atoms with van der Waals surface area (Å²) < 4.78 is 13.2. The van der Waals surface area contributed by atoms with Gasteiger partial charge in [0.25, 0.3) is 17.7 Å². The maximum atomic E-state index is 13.2. The molecule has 6 heteroatoms. The van der Waals surface area contributed by atoms with Gasteiger partial charge < -0.3 is 4.90 Å². The topological polar surface area (TPSA) is 57.7 Å². The average molecular weight is 378 g/mol. The maximum Gasteiger partial charge on any atom is 0.261 e. The van der Waals surface area contributed by atoms with Gasteiger partial charge in [-0.1, -0.05) is 18.2 Å². The Morgan fingerprint density at radius 1 is 1.11 bits per heavy atom. The number of carbonyl (C=O) groups is 3. The number of halogens is 1. The summed E-state index contributed by atoms with van der Waals surface area (Å²) in [7, 11) is 0. The fourth-order valence-corrected chi connectivity index (χ4v) is 3.93. The molecule has 0 aliphatic carbocycles. The number of hydrogen-bond donors (Lipinski definition) is 0. The molecule has 1 unspecified atom stereocenters. The molecule has 5 nitrogen and oxygen atoms in total. The second-order valence-electron chi connectivity index (χ2n) is 6.98. The molecule has 2 heterocycles. The maximum absolute atomic E-state index is 13.2. The lowest BCUT2D eigenvalue weighted by Crippen LogP contribution is -2.31. The Hall–Kier alpha value is -3.28. The van der Waals surface area contributed by atoms with E-state index in [0.29, 0.717) is 17.7 Å². The first-order chi connectivity index (χ1) is 13.5. The molecule has 0 spiro atoms. The van der Waals surface area contributed by atoms with Gasteiger partial charge in [-0.15, -0.1) is 6.58 Å². The van der Waals surface area contributed by atoms with Gasteiger partial charge in [0, 0.05) is 18.7 Å². The predicted octanol–water partition coefficient (Wildman–Crippen LogP) is 3.59. The third-order valence-corrected chi connectivity index (χ3v) is 5.30. The van der Waals surface area contributed by atoms with Crippen molar-refractivity contribution in [3.05, 3.63) is 83.2 Å². The Bertz CT molecular complexity index is 984. The van der Waals surface area contributed by atoms with Crippen molar-refractivity contribution in [3.63, 3.8) is 0 Å². The molecule has 2 aliphatic heterocycles. The highest BCUT2D eigenvalue weighted by atomic mass is 19.1. The summed E-state index contributed by atoms with van der Waals surface area (Å²) >= 11 is 0. The molecule has 4 rings (SSSR count). The van der Waals surface area contributed by atoms with Crippen LogP contribution in [0.3, 0.4) is 0 Å². The Labute approximate surface area is 162 Å². The van der Waals surface area contributed by atoms with Crippen LogP contribution in [0.2, 0.25) is 0 Å². The first kappa shape index (κ1) is 18.1. The summed E-state index contributed by atoms with van der Waals surface area (Å²) in [5.74, 6) is -1.29. The molecule has 1 saturated heterocycles. The molecule has 0 saturated carbocycles. The summed E-state index contributed by atoms with van der Waals surface area (Å²) in [5, 5.41) is 0. The second-order valence-corrected chi connectivity index (χ2v) is 6.98. The van der Waals surface area contributed by atoms with Crippen LogP contribution >= 0.6 is 0 Å². The Kier molecular flexibility index (Phi) is 4.55. The quantitative estimate of drug-likeness (QED) is 0.604. The molecule has 142 valence electrons. The zero-order valence-electron chi connectivity index (χ0n) is 15.2. The van der Waals surface area contributed by atoms with E-state index in [-0.39, 0.29) is 35.8 Å². The number of benzene rings is 2. The van der Waals surface area contributed by atoms with Crippen LogP contribution in [0.5, 0.6) is 0 Å². The SMILES string of the molecule is C=CCN1C(=O)c2ccc(C(=O)N3CCCC3c3ccc(F)cc3)cc2C1=O. The van der Waals surface area contributed by atoms with Gasteiger partial charge in [0.15, 0.2) is 0 Å². The summed E-state index contributed by atoms with van der Waals surface area (Å²) in [6.07, 6.45) is 3.14. The largest absolute Gasteiger partial charge is 0.332 e. The minimum atomic E-state index is -0.411. The van der Waals surface area contributed by atoms with E-state index in [1.165, 1.54) is 30.3 Å². The zero-order chi connectivity index (χ0) is 19.8. The smallest absolute Gasteiger partial charge is 0.261 e. The fraction of sp³-hybridized carbons (Fsp3) is 0.227. The first-order valence-corrected chi connectivity index (χ1v) is 9.19. The van der Waals surface area contributed by atoms with Gasteiger partial charge in [0.2, 0.25) is 0 Å². The van der Waals surface area contributed by atoms with Crippen molar-refractivity contribution >= 4 is 17.7 Å². The van der Waals surface area contributed by atoms with Crippen molar-refractivity contribution in [1.82, 2.24) is 9.80 Å². The van der Waals surface area contributed by atoms with Crippen molar-refractivity contribution in [2.75, 3.05) is 13.1 Å². The number of carbonyl (C=O) groups excluding carboxylic acids is 3. The van der Waals surface area contributed by atoms with E-state index < -0.39 is 5.91 Å². The van der Waals surface area contributed by atoms with Crippen LogP contribution in [0.1, 0.15) is 55.5 Å². The van der Waals surface area contributed by atoms with E-state index in [9.17, 15) is 18.8 Å². The summed E-state index contributed by atoms with van der Waals surface area (Å²) in [5.41, 5.74) is 1.81. The van der Waals surface area contributed by atoms with E-state index in [1.54, 1.807) is 23.1 Å². The van der Waals surface area contributed by atoms with E-state index in [1.807, 2.05) is 0 Å². The highest BCUT2D eigenvalue weighted by molar-refractivity contribution is 6.22. The summed E-state index contributed by atoms with van der Waals surface area (Å²) in [6.45, 7) is 4.29. The number of likely N-dealkylation sites (tertiary alicyclic amines) is 1. The van der Waals surface area contributed by atoms with E-state index in [0.717, 1.165) is 23.3 Å². The molecule has 1 atom stereocenters. The molecule has 0 bridgehead atoms. The second kappa shape index (κ2) is 7.03. The Morgan fingerprint density at radius 2 is 1.82 bits per heavy atom. The van der Waals surface area contributed by atoms with Gasteiger partial charge in [-0.2, -0.15) is 0 Å². The molecule has 2 aliphatic rings. The molecule has 0 N–H and O–H groups in total. The molecular formula is C22H19FN2O3. The van der Waals surface area contributed by atoms with Gasteiger partial charge in [-0.25, -0.2) is 4.39 Å². The molecule has 1 fully saturated rings. The minimum absolute atomic E-state index is 0.129. The van der Waals surface area contributed by atoms with E-state index in [4.69, 9.17) is 0 Å². The van der Waals surface area contributed by atoms with Crippen LogP contribution in [0.15, 0.2) is 55.1 Å². The standard InChI is InChI=1S/C22H19FN2O3/c1-2-11-25-21(27)17-10-7-15(13-18(17)22(25)28)20(26)24-12-3-4-19(24)14-5-8-16(23)9-6-14/h2,5-10,13,19H,1,3-4,11-12H2. The first-order valence-electron chi connectivity index (χ1n) is 9.19. The van der Waals surface area contributed by atoms with Gasteiger partial charge in [0.05, 0.1) is 17.2 Å². The lowest BCUT2D eigenvalue weighted by Gasteiger charge is -2.25. The molecule has 0 aromatic heterocycles. The lowest BCUT2D eigenvalue weighted by atomic mass is 10.0. The predicted molar refractivity (Wildman–Crippen MR) is 101 cm³/mol. The molecule has 2 aromatic carbocycles. The van der Waals surface area contributed by atoms with Crippen molar-refractivity contribution in [1.29, 1.82) is 0 Å². The van der Waals surface area contributed by atoms with Crippen LogP contribution in [0.25, 0.3) is 0 Å². The minimum Gasteiger partial charge on any atom is -0.332 e. The Balaban J connectivity index is 1.62. The molecule has 2 aromatic rings. The molecule has 0 radical (unpaired) electrons. The molecular weight excluding hydrogens is 359 g/mol. The monoisotopic (exact) mass is 378 g/mol. The zero-order valence-corrected chi connectivity index (χ0v) is 15.2. The highest BCUT2D eigenvalue weighted by Gasteiger charge is 2.36. The number of fused-ring (bicyclic) bond motifs is 1. The number of amides is 3. The third-order valence-electron chi connectivity index (χ3n) is 5.30. The number of imide groups is 1. The van der Waals surface area contributed by atoms with Crippen molar-refractivity contribution in [2.45, 2.75) is 18.9 Å².